The third-order valence-electron chi connectivity index (χ3n) is 3.71. The van der Waals surface area contributed by atoms with Crippen molar-refractivity contribution in [2.75, 3.05) is 13.1 Å². The maximum Gasteiger partial charge on any atom is 0.0828 e. The van der Waals surface area contributed by atoms with Gasteiger partial charge < -0.3 is 10.4 Å². The minimum Gasteiger partial charge on any atom is -0.388 e. The molecule has 0 aromatic heterocycles. The molecule has 3 rings (SSSR count). The van der Waals surface area contributed by atoms with Crippen LogP contribution in [0.15, 0.2) is 18.2 Å². The number of hydrogen-bond acceptors (Lipinski definition) is 2. The monoisotopic (exact) mass is 223 g/mol. The fraction of sp³-hybridized carbons (Fsp3) is 0.500. The van der Waals surface area contributed by atoms with Crippen LogP contribution in [0, 0.1) is 5.92 Å². The lowest BCUT2D eigenvalue weighted by atomic mass is 9.86. The maximum atomic E-state index is 10.2. The van der Waals surface area contributed by atoms with Crippen molar-refractivity contribution in [2.45, 2.75) is 18.4 Å². The first-order chi connectivity index (χ1) is 7.27. The van der Waals surface area contributed by atoms with Crippen molar-refractivity contribution in [3.8, 4) is 0 Å². The van der Waals surface area contributed by atoms with Crippen molar-refractivity contribution in [1.29, 1.82) is 0 Å². The Bertz CT molecular complexity index is 393. The molecule has 1 aromatic carbocycles. The van der Waals surface area contributed by atoms with Crippen LogP contribution in [0.5, 0.6) is 0 Å². The number of halogens is 1. The SMILES string of the molecule is OC1c2cc(Cl)ccc2C2CNCCC12. The van der Waals surface area contributed by atoms with Crippen LogP contribution in [0.1, 0.15) is 29.6 Å². The summed E-state index contributed by atoms with van der Waals surface area (Å²) in [6.45, 7) is 2.00. The molecule has 1 aromatic rings. The van der Waals surface area contributed by atoms with E-state index >= 15 is 0 Å². The van der Waals surface area contributed by atoms with Crippen LogP contribution in [0.25, 0.3) is 0 Å². The summed E-state index contributed by atoms with van der Waals surface area (Å²) >= 11 is 5.96. The van der Waals surface area contributed by atoms with E-state index in [1.807, 2.05) is 12.1 Å². The minimum absolute atomic E-state index is 0.314. The number of aliphatic hydroxyl groups excluding tert-OH is 1. The van der Waals surface area contributed by atoms with Gasteiger partial charge in [0.15, 0.2) is 0 Å². The van der Waals surface area contributed by atoms with E-state index in [2.05, 4.69) is 11.4 Å². The van der Waals surface area contributed by atoms with Gasteiger partial charge >= 0.3 is 0 Å². The van der Waals surface area contributed by atoms with E-state index in [0.717, 1.165) is 30.1 Å². The van der Waals surface area contributed by atoms with Gasteiger partial charge in [-0.05, 0) is 42.1 Å². The van der Waals surface area contributed by atoms with Crippen LogP contribution in [0.3, 0.4) is 0 Å². The molecule has 1 aliphatic heterocycles. The van der Waals surface area contributed by atoms with Gasteiger partial charge in [-0.15, -0.1) is 0 Å². The minimum atomic E-state index is -0.314. The zero-order valence-electron chi connectivity index (χ0n) is 8.41. The zero-order chi connectivity index (χ0) is 10.4. The fourth-order valence-corrected chi connectivity index (χ4v) is 3.15. The first kappa shape index (κ1) is 9.64. The molecule has 1 saturated heterocycles. The normalized spacial score (nSPS) is 33.6. The van der Waals surface area contributed by atoms with E-state index in [9.17, 15) is 5.11 Å². The Morgan fingerprint density at radius 1 is 1.33 bits per heavy atom. The van der Waals surface area contributed by atoms with Crippen molar-refractivity contribution >= 4 is 11.6 Å². The predicted octanol–water partition coefficient (Wildman–Crippen LogP) is 2.08. The summed E-state index contributed by atoms with van der Waals surface area (Å²) < 4.78 is 0. The highest BCUT2D eigenvalue weighted by Gasteiger charge is 2.40. The summed E-state index contributed by atoms with van der Waals surface area (Å²) in [5.74, 6) is 0.862. The predicted molar refractivity (Wildman–Crippen MR) is 60.1 cm³/mol. The molecule has 0 amide bonds. The van der Waals surface area contributed by atoms with Gasteiger partial charge in [-0.2, -0.15) is 0 Å². The van der Waals surface area contributed by atoms with Crippen molar-refractivity contribution in [3.05, 3.63) is 34.3 Å². The van der Waals surface area contributed by atoms with Crippen LogP contribution >= 0.6 is 11.6 Å². The Morgan fingerprint density at radius 2 is 2.20 bits per heavy atom. The van der Waals surface area contributed by atoms with Crippen LogP contribution in [-0.4, -0.2) is 18.2 Å². The number of piperidine rings is 1. The molecule has 2 nitrogen and oxygen atoms in total. The topological polar surface area (TPSA) is 32.3 Å². The molecule has 3 atom stereocenters. The second-order valence-electron chi connectivity index (χ2n) is 4.48. The molecule has 2 N–H and O–H groups in total. The molecule has 15 heavy (non-hydrogen) atoms. The van der Waals surface area contributed by atoms with E-state index < -0.39 is 0 Å². The van der Waals surface area contributed by atoms with E-state index in [1.54, 1.807) is 0 Å². The van der Waals surface area contributed by atoms with Crippen LogP contribution in [0.4, 0.5) is 0 Å². The smallest absolute Gasteiger partial charge is 0.0828 e. The Balaban J connectivity index is 2.07. The third-order valence-corrected chi connectivity index (χ3v) is 3.94. The van der Waals surface area contributed by atoms with Gasteiger partial charge in [0.1, 0.15) is 0 Å². The van der Waals surface area contributed by atoms with Gasteiger partial charge in [0, 0.05) is 17.5 Å². The average Bonchev–Trinajstić information content (AvgIpc) is 2.54. The van der Waals surface area contributed by atoms with Crippen LogP contribution in [0.2, 0.25) is 5.02 Å². The van der Waals surface area contributed by atoms with Crippen LogP contribution in [-0.2, 0) is 0 Å². The number of aliphatic hydroxyl groups is 1. The number of fused-ring (bicyclic) bond motifs is 3. The highest BCUT2D eigenvalue weighted by molar-refractivity contribution is 6.30. The molecule has 0 saturated carbocycles. The third kappa shape index (κ3) is 1.40. The molecule has 2 aliphatic rings. The van der Waals surface area contributed by atoms with Gasteiger partial charge in [-0.25, -0.2) is 0 Å². The highest BCUT2D eigenvalue weighted by Crippen LogP contribution is 2.48. The van der Waals surface area contributed by atoms with E-state index in [4.69, 9.17) is 11.6 Å². The second-order valence-corrected chi connectivity index (χ2v) is 4.92. The first-order valence-corrected chi connectivity index (χ1v) is 5.83. The molecule has 1 fully saturated rings. The average molecular weight is 224 g/mol. The Morgan fingerprint density at radius 3 is 3.07 bits per heavy atom. The maximum absolute atomic E-state index is 10.2. The van der Waals surface area contributed by atoms with Gasteiger partial charge in [-0.3, -0.25) is 0 Å². The van der Waals surface area contributed by atoms with E-state index in [0.29, 0.717) is 11.8 Å². The molecule has 1 aliphatic carbocycles. The van der Waals surface area contributed by atoms with Gasteiger partial charge in [-0.1, -0.05) is 17.7 Å². The Labute approximate surface area is 94.3 Å². The summed E-state index contributed by atoms with van der Waals surface area (Å²) in [5, 5.41) is 14.3. The largest absolute Gasteiger partial charge is 0.388 e. The molecule has 3 heteroatoms. The number of rotatable bonds is 0. The summed E-state index contributed by atoms with van der Waals surface area (Å²) in [6.07, 6.45) is 0.740. The lowest BCUT2D eigenvalue weighted by Crippen LogP contribution is -2.34. The van der Waals surface area contributed by atoms with Gasteiger partial charge in [0.05, 0.1) is 6.10 Å². The summed E-state index contributed by atoms with van der Waals surface area (Å²) in [4.78, 5) is 0. The lowest BCUT2D eigenvalue weighted by Gasteiger charge is -2.28. The highest BCUT2D eigenvalue weighted by atomic mass is 35.5. The Kier molecular flexibility index (Phi) is 2.23. The molecule has 0 spiro atoms. The van der Waals surface area contributed by atoms with Crippen molar-refractivity contribution < 1.29 is 5.11 Å². The van der Waals surface area contributed by atoms with E-state index in [1.165, 1.54) is 5.56 Å². The summed E-state index contributed by atoms with van der Waals surface area (Å²) in [7, 11) is 0. The second kappa shape index (κ2) is 3.48. The lowest BCUT2D eigenvalue weighted by molar-refractivity contribution is 0.0952. The zero-order valence-corrected chi connectivity index (χ0v) is 9.17. The van der Waals surface area contributed by atoms with Crippen molar-refractivity contribution in [1.82, 2.24) is 5.32 Å². The first-order valence-electron chi connectivity index (χ1n) is 5.45. The number of hydrogen-bond donors (Lipinski definition) is 2. The molecule has 3 unspecified atom stereocenters. The molecule has 80 valence electrons. The fourth-order valence-electron chi connectivity index (χ4n) is 2.97. The van der Waals surface area contributed by atoms with Crippen LogP contribution < -0.4 is 5.32 Å². The standard InChI is InChI=1S/C12H14ClNO/c13-7-1-2-8-10(5-7)12(15)9-3-4-14-6-11(8)9/h1-2,5,9,11-12,14-15H,3-4,6H2. The number of nitrogens with one attached hydrogen (secondary N) is 1. The molecule has 1 heterocycles. The summed E-state index contributed by atoms with van der Waals surface area (Å²) in [6, 6.07) is 5.91. The van der Waals surface area contributed by atoms with Gasteiger partial charge in [0.25, 0.3) is 0 Å². The molecular weight excluding hydrogens is 210 g/mol. The number of benzene rings is 1. The van der Waals surface area contributed by atoms with E-state index in [-0.39, 0.29) is 6.10 Å². The molecule has 0 bridgehead atoms. The summed E-state index contributed by atoms with van der Waals surface area (Å²) in [5.41, 5.74) is 2.32. The van der Waals surface area contributed by atoms with Crippen molar-refractivity contribution in [2.24, 2.45) is 5.92 Å². The Hall–Kier alpha value is -0.570. The molecule has 0 radical (unpaired) electrons. The quantitative estimate of drug-likeness (QED) is 0.706. The van der Waals surface area contributed by atoms with Gasteiger partial charge in [0.2, 0.25) is 0 Å². The molecular formula is C12H14ClNO. The van der Waals surface area contributed by atoms with Crippen molar-refractivity contribution in [3.63, 3.8) is 0 Å².